The first-order valence-electron chi connectivity index (χ1n) is 6.70. The van der Waals surface area contributed by atoms with E-state index in [9.17, 15) is 4.39 Å². The lowest BCUT2D eigenvalue weighted by molar-refractivity contribution is 0.561. The van der Waals surface area contributed by atoms with Gasteiger partial charge in [-0.05, 0) is 36.4 Å². The molecule has 0 amide bonds. The molecule has 0 saturated carbocycles. The smallest absolute Gasteiger partial charge is 0.137 e. The van der Waals surface area contributed by atoms with E-state index >= 15 is 0 Å². The van der Waals surface area contributed by atoms with Gasteiger partial charge in [-0.25, -0.2) is 9.37 Å². The lowest BCUT2D eigenvalue weighted by Crippen LogP contribution is -2.15. The molecule has 0 saturated heterocycles. The van der Waals surface area contributed by atoms with Crippen molar-refractivity contribution >= 4 is 5.65 Å². The zero-order valence-electron chi connectivity index (χ0n) is 11.9. The maximum atomic E-state index is 13.0. The van der Waals surface area contributed by atoms with Gasteiger partial charge in [0.1, 0.15) is 11.5 Å². The highest BCUT2D eigenvalue weighted by Crippen LogP contribution is 2.26. The Morgan fingerprint density at radius 2 is 1.70 bits per heavy atom. The fourth-order valence-corrected chi connectivity index (χ4v) is 2.38. The average molecular weight is 268 g/mol. The molecule has 0 unspecified atom stereocenters. The van der Waals surface area contributed by atoms with E-state index in [-0.39, 0.29) is 11.2 Å². The first-order valence-corrected chi connectivity index (χ1v) is 6.70. The first-order chi connectivity index (χ1) is 9.45. The van der Waals surface area contributed by atoms with Crippen LogP contribution in [0.2, 0.25) is 0 Å². The molecular formula is C17H17FN2. The number of hydrogen-bond acceptors (Lipinski definition) is 1. The molecule has 20 heavy (non-hydrogen) atoms. The third-order valence-corrected chi connectivity index (χ3v) is 3.40. The highest BCUT2D eigenvalue weighted by Gasteiger charge is 2.18. The van der Waals surface area contributed by atoms with E-state index in [4.69, 9.17) is 0 Å². The van der Waals surface area contributed by atoms with Gasteiger partial charge in [-0.3, -0.25) is 0 Å². The van der Waals surface area contributed by atoms with E-state index in [1.54, 1.807) is 12.1 Å². The fourth-order valence-electron chi connectivity index (χ4n) is 2.38. The molecule has 0 atom stereocenters. The highest BCUT2D eigenvalue weighted by atomic mass is 19.1. The summed E-state index contributed by atoms with van der Waals surface area (Å²) in [5, 5.41) is 0. The minimum Gasteiger partial charge on any atom is -0.303 e. The summed E-state index contributed by atoms with van der Waals surface area (Å²) in [5.41, 5.74) is 3.95. The normalized spacial score (nSPS) is 12.0. The molecule has 2 heterocycles. The quantitative estimate of drug-likeness (QED) is 0.638. The van der Waals surface area contributed by atoms with Crippen LogP contribution in [-0.4, -0.2) is 9.38 Å². The number of benzene rings is 1. The Labute approximate surface area is 117 Å². The number of pyridine rings is 1. The second-order valence-corrected chi connectivity index (χ2v) is 6.02. The molecule has 0 radical (unpaired) electrons. The van der Waals surface area contributed by atoms with Gasteiger partial charge in [0, 0.05) is 22.9 Å². The van der Waals surface area contributed by atoms with Crippen molar-refractivity contribution in [1.29, 1.82) is 0 Å². The van der Waals surface area contributed by atoms with Crippen LogP contribution in [0, 0.1) is 5.82 Å². The Hall–Kier alpha value is -2.16. The maximum absolute atomic E-state index is 13.0. The second-order valence-electron chi connectivity index (χ2n) is 6.02. The molecule has 0 aliphatic rings. The number of halogens is 1. The molecule has 3 rings (SSSR count). The summed E-state index contributed by atoms with van der Waals surface area (Å²) < 4.78 is 15.1. The standard InChI is InChI=1S/C17H17FN2/c1-17(2,3)15-5-4-6-16-19-14(11-20(15)16)12-7-9-13(18)10-8-12/h4-11H,1-3H3. The van der Waals surface area contributed by atoms with Crippen LogP contribution in [0.5, 0.6) is 0 Å². The Kier molecular flexibility index (Phi) is 2.85. The molecule has 3 heteroatoms. The van der Waals surface area contributed by atoms with Crippen LogP contribution in [0.4, 0.5) is 4.39 Å². The van der Waals surface area contributed by atoms with Gasteiger partial charge < -0.3 is 4.40 Å². The van der Waals surface area contributed by atoms with Gasteiger partial charge in [0.2, 0.25) is 0 Å². The predicted molar refractivity (Wildman–Crippen MR) is 79.3 cm³/mol. The number of rotatable bonds is 1. The molecule has 0 aliphatic carbocycles. The third kappa shape index (κ3) is 2.20. The van der Waals surface area contributed by atoms with Gasteiger partial charge in [-0.2, -0.15) is 0 Å². The van der Waals surface area contributed by atoms with Gasteiger partial charge in [0.15, 0.2) is 0 Å². The first kappa shape index (κ1) is 12.9. The van der Waals surface area contributed by atoms with Crippen LogP contribution in [0.1, 0.15) is 26.5 Å². The Balaban J connectivity index is 2.18. The SMILES string of the molecule is CC(C)(C)c1cccc2nc(-c3ccc(F)cc3)cn12. The minimum absolute atomic E-state index is 0.0419. The molecule has 0 bridgehead atoms. The molecule has 2 aromatic heterocycles. The zero-order chi connectivity index (χ0) is 14.3. The average Bonchev–Trinajstić information content (AvgIpc) is 2.81. The predicted octanol–water partition coefficient (Wildman–Crippen LogP) is 4.44. The summed E-state index contributed by atoms with van der Waals surface area (Å²) in [6.45, 7) is 6.54. The molecule has 0 N–H and O–H groups in total. The van der Waals surface area contributed by atoms with Crippen molar-refractivity contribution < 1.29 is 4.39 Å². The number of imidazole rings is 1. The Morgan fingerprint density at radius 3 is 2.35 bits per heavy atom. The van der Waals surface area contributed by atoms with Crippen LogP contribution in [-0.2, 0) is 5.41 Å². The maximum Gasteiger partial charge on any atom is 0.137 e. The van der Waals surface area contributed by atoms with Crippen LogP contribution in [0.3, 0.4) is 0 Å². The van der Waals surface area contributed by atoms with Gasteiger partial charge in [0.05, 0.1) is 5.69 Å². The Bertz CT molecular complexity index is 749. The van der Waals surface area contributed by atoms with Crippen molar-refractivity contribution in [2.24, 2.45) is 0 Å². The van der Waals surface area contributed by atoms with Gasteiger partial charge in [0.25, 0.3) is 0 Å². The summed E-state index contributed by atoms with van der Waals surface area (Å²) in [5.74, 6) is -0.229. The van der Waals surface area contributed by atoms with Crippen LogP contribution < -0.4 is 0 Å². The molecule has 102 valence electrons. The number of nitrogens with zero attached hydrogens (tertiary/aromatic N) is 2. The molecular weight excluding hydrogens is 251 g/mol. The topological polar surface area (TPSA) is 17.3 Å². The minimum atomic E-state index is -0.229. The fraction of sp³-hybridized carbons (Fsp3) is 0.235. The van der Waals surface area contributed by atoms with Crippen LogP contribution in [0.25, 0.3) is 16.9 Å². The van der Waals surface area contributed by atoms with Crippen molar-refractivity contribution in [2.45, 2.75) is 26.2 Å². The summed E-state index contributed by atoms with van der Waals surface area (Å²) >= 11 is 0. The van der Waals surface area contributed by atoms with E-state index in [2.05, 4.69) is 36.2 Å². The summed E-state index contributed by atoms with van der Waals surface area (Å²) in [4.78, 5) is 4.63. The van der Waals surface area contributed by atoms with Crippen LogP contribution in [0.15, 0.2) is 48.7 Å². The van der Waals surface area contributed by atoms with Gasteiger partial charge >= 0.3 is 0 Å². The van der Waals surface area contributed by atoms with Crippen molar-refractivity contribution in [3.8, 4) is 11.3 Å². The van der Waals surface area contributed by atoms with Crippen LogP contribution >= 0.6 is 0 Å². The summed E-state index contributed by atoms with van der Waals surface area (Å²) in [6.07, 6.45) is 2.02. The van der Waals surface area contributed by atoms with Gasteiger partial charge in [-0.1, -0.05) is 26.8 Å². The van der Waals surface area contributed by atoms with Crippen molar-refractivity contribution in [3.63, 3.8) is 0 Å². The molecule has 2 nitrogen and oxygen atoms in total. The molecule has 0 fully saturated rings. The number of hydrogen-bond donors (Lipinski definition) is 0. The third-order valence-electron chi connectivity index (χ3n) is 3.40. The van der Waals surface area contributed by atoms with E-state index in [0.29, 0.717) is 0 Å². The highest BCUT2D eigenvalue weighted by molar-refractivity contribution is 5.63. The summed E-state index contributed by atoms with van der Waals surface area (Å²) in [7, 11) is 0. The van der Waals surface area contributed by atoms with Crippen molar-refractivity contribution in [3.05, 3.63) is 60.2 Å². The Morgan fingerprint density at radius 1 is 1.00 bits per heavy atom. The van der Waals surface area contributed by atoms with Gasteiger partial charge in [-0.15, -0.1) is 0 Å². The second kappa shape index (κ2) is 4.44. The zero-order valence-corrected chi connectivity index (χ0v) is 11.9. The molecule has 0 spiro atoms. The van der Waals surface area contributed by atoms with E-state index < -0.39 is 0 Å². The van der Waals surface area contributed by atoms with Crippen molar-refractivity contribution in [2.75, 3.05) is 0 Å². The molecule has 1 aromatic carbocycles. The number of fused-ring (bicyclic) bond motifs is 1. The molecule has 3 aromatic rings. The van der Waals surface area contributed by atoms with E-state index in [1.807, 2.05) is 18.3 Å². The monoisotopic (exact) mass is 268 g/mol. The number of aromatic nitrogens is 2. The van der Waals surface area contributed by atoms with Crippen molar-refractivity contribution in [1.82, 2.24) is 9.38 Å². The summed E-state index contributed by atoms with van der Waals surface area (Å²) in [6, 6.07) is 12.6. The molecule has 0 aliphatic heterocycles. The largest absolute Gasteiger partial charge is 0.303 e. The lowest BCUT2D eigenvalue weighted by Gasteiger charge is -2.20. The lowest BCUT2D eigenvalue weighted by atomic mass is 9.91. The van der Waals surface area contributed by atoms with E-state index in [0.717, 1.165) is 16.9 Å². The van der Waals surface area contributed by atoms with E-state index in [1.165, 1.54) is 17.8 Å².